The predicted octanol–water partition coefficient (Wildman–Crippen LogP) is 5.88. The first-order valence-corrected chi connectivity index (χ1v) is 17.1. The van der Waals surface area contributed by atoms with Crippen molar-refractivity contribution in [2.75, 3.05) is 26.8 Å². The number of aromatic nitrogens is 1. The number of rotatable bonds is 6. The minimum absolute atomic E-state index is 0.0199. The summed E-state index contributed by atoms with van der Waals surface area (Å²) in [5.74, 6) is -9.73. The van der Waals surface area contributed by atoms with E-state index < -0.39 is 87.3 Å². The smallest absolute Gasteiger partial charge is 0.423 e. The minimum Gasteiger partial charge on any atom is -0.502 e. The number of likely N-dealkylation sites (tertiary alicyclic amines) is 1. The van der Waals surface area contributed by atoms with E-state index in [1.165, 1.54) is 38.5 Å². The monoisotopic (exact) mass is 788 g/mol. The lowest BCUT2D eigenvalue weighted by Crippen LogP contribution is -2.53. The van der Waals surface area contributed by atoms with Crippen LogP contribution in [-0.4, -0.2) is 71.1 Å². The number of alkyl halides is 3. The summed E-state index contributed by atoms with van der Waals surface area (Å²) in [6.45, 7) is 0. The van der Waals surface area contributed by atoms with Gasteiger partial charge in [-0.05, 0) is 60.2 Å². The van der Waals surface area contributed by atoms with Gasteiger partial charge in [-0.15, -0.1) is 0 Å². The lowest BCUT2D eigenvalue weighted by Gasteiger charge is -2.50. The molecule has 6 atom stereocenters. The number of fused-ring (bicyclic) bond motifs is 4. The van der Waals surface area contributed by atoms with Gasteiger partial charge in [0.2, 0.25) is 17.6 Å². The van der Waals surface area contributed by atoms with Crippen LogP contribution in [0.1, 0.15) is 35.4 Å². The Morgan fingerprint density at radius 3 is 2.19 bits per heavy atom. The predicted molar refractivity (Wildman–Crippen MR) is 182 cm³/mol. The van der Waals surface area contributed by atoms with Crippen LogP contribution in [0.15, 0.2) is 60.3 Å². The number of anilines is 1. The maximum absolute atomic E-state index is 15.3. The average Bonchev–Trinajstić information content (AvgIpc) is 3.52. The molecule has 3 heterocycles. The van der Waals surface area contributed by atoms with E-state index in [4.69, 9.17) is 37.4 Å². The van der Waals surface area contributed by atoms with Gasteiger partial charge in [0.05, 0.1) is 55.1 Å². The standard InChI is InChI=1S/C36H29Cl2F3N4O9/c1-52-24-10-15(11-25(53-2)28(24)46)27-19-8-9-20-26(32(49)44(30(20)47)34(51)54-3)21(19)13-22-31(48)45(33(50)35(22,27)16-4-6-18(37)7-5-16)43-29-23(38)12-17(14-42-29)36(39,40)41/h4-8,10-12,14,20-22,26-27,46H,9,13H2,1-3H3,(H,42,43). The highest BCUT2D eigenvalue weighted by Gasteiger charge is 2.71. The first kappa shape index (κ1) is 37.0. The van der Waals surface area contributed by atoms with Crippen molar-refractivity contribution < 1.29 is 56.5 Å². The highest BCUT2D eigenvalue weighted by Crippen LogP contribution is 2.65. The number of hydrazine groups is 1. The summed E-state index contributed by atoms with van der Waals surface area (Å²) in [6.07, 6.45) is -3.96. The molecule has 2 aliphatic heterocycles. The van der Waals surface area contributed by atoms with Gasteiger partial charge in [-0.3, -0.25) is 24.6 Å². The number of pyridine rings is 1. The number of imide groups is 4. The molecule has 1 saturated carbocycles. The van der Waals surface area contributed by atoms with E-state index in [1.807, 2.05) is 0 Å². The lowest BCUT2D eigenvalue weighted by atomic mass is 9.49. The van der Waals surface area contributed by atoms with Crippen molar-refractivity contribution in [3.63, 3.8) is 0 Å². The van der Waals surface area contributed by atoms with Crippen molar-refractivity contribution >= 4 is 58.7 Å². The molecular weight excluding hydrogens is 760 g/mol. The zero-order valence-electron chi connectivity index (χ0n) is 28.4. The van der Waals surface area contributed by atoms with Crippen LogP contribution in [-0.2, 0) is 35.5 Å². The van der Waals surface area contributed by atoms with Crippen molar-refractivity contribution in [1.82, 2.24) is 14.9 Å². The van der Waals surface area contributed by atoms with Gasteiger partial charge in [0.25, 0.3) is 11.8 Å². The number of halogens is 5. The number of phenols is 1. The second kappa shape index (κ2) is 13.2. The number of nitrogens with one attached hydrogen (secondary N) is 1. The van der Waals surface area contributed by atoms with Crippen LogP contribution in [0.5, 0.6) is 17.2 Å². The molecule has 5 amide bonds. The molecule has 13 nitrogen and oxygen atoms in total. The van der Waals surface area contributed by atoms with E-state index in [9.17, 15) is 37.5 Å². The van der Waals surface area contributed by atoms with Gasteiger partial charge in [-0.1, -0.05) is 47.0 Å². The van der Waals surface area contributed by atoms with E-state index >= 15 is 4.79 Å². The summed E-state index contributed by atoms with van der Waals surface area (Å²) >= 11 is 12.5. The Hall–Kier alpha value is -5.35. The van der Waals surface area contributed by atoms with Crippen LogP contribution in [0.2, 0.25) is 10.0 Å². The third-order valence-corrected chi connectivity index (χ3v) is 11.3. The molecule has 2 N–H and O–H groups in total. The largest absolute Gasteiger partial charge is 0.502 e. The zero-order valence-corrected chi connectivity index (χ0v) is 30.0. The van der Waals surface area contributed by atoms with Crippen LogP contribution < -0.4 is 14.9 Å². The molecule has 18 heteroatoms. The summed E-state index contributed by atoms with van der Waals surface area (Å²) in [5, 5.41) is 11.3. The second-order valence-electron chi connectivity index (χ2n) is 13.2. The number of carbonyl (C=O) groups is 5. The number of benzene rings is 2. The SMILES string of the molecule is COC(=O)N1C(=O)C2CC=C3C(CC4C(=O)N(Nc5ncc(C(F)(F)F)cc5Cl)C(=O)C4(c4ccc(Cl)cc4)C3c3cc(OC)c(O)c(OC)c3)C2C1=O. The first-order chi connectivity index (χ1) is 25.6. The summed E-state index contributed by atoms with van der Waals surface area (Å²) in [5.41, 5.74) is 0.578. The quantitative estimate of drug-likeness (QED) is 0.226. The summed E-state index contributed by atoms with van der Waals surface area (Å²) in [7, 11) is 3.62. The Labute approximate surface area is 314 Å². The molecule has 282 valence electrons. The van der Waals surface area contributed by atoms with Crippen LogP contribution in [0, 0.1) is 23.7 Å². The highest BCUT2D eigenvalue weighted by atomic mass is 35.5. The topological polar surface area (TPSA) is 165 Å². The van der Waals surface area contributed by atoms with Gasteiger partial charge in [-0.2, -0.15) is 23.1 Å². The Bertz CT molecular complexity index is 2140. The van der Waals surface area contributed by atoms with Crippen LogP contribution >= 0.6 is 23.2 Å². The molecule has 4 aliphatic rings. The van der Waals surface area contributed by atoms with Crippen molar-refractivity contribution in [2.24, 2.45) is 23.7 Å². The molecule has 0 spiro atoms. The Morgan fingerprint density at radius 1 is 0.963 bits per heavy atom. The van der Waals surface area contributed by atoms with E-state index in [0.29, 0.717) is 43.9 Å². The zero-order chi connectivity index (χ0) is 39.0. The van der Waals surface area contributed by atoms with Crippen molar-refractivity contribution in [3.05, 3.63) is 87.0 Å². The lowest BCUT2D eigenvalue weighted by molar-refractivity contribution is -0.140. The normalized spacial score (nSPS) is 26.2. The maximum atomic E-state index is 15.3. The molecule has 3 fully saturated rings. The number of phenolic OH excluding ortho intramolecular Hbond substituents is 1. The fraction of sp³-hybridized carbons (Fsp3) is 0.333. The highest BCUT2D eigenvalue weighted by molar-refractivity contribution is 6.33. The maximum Gasteiger partial charge on any atom is 0.423 e. The number of nitrogens with zero attached hydrogens (tertiary/aromatic N) is 3. The van der Waals surface area contributed by atoms with Crippen molar-refractivity contribution in [3.8, 4) is 17.2 Å². The molecule has 1 aromatic heterocycles. The molecule has 6 unspecified atom stereocenters. The molecule has 0 bridgehead atoms. The summed E-state index contributed by atoms with van der Waals surface area (Å²) in [6, 6.07) is 9.66. The van der Waals surface area contributed by atoms with E-state index in [0.717, 1.165) is 7.11 Å². The molecule has 7 rings (SSSR count). The minimum atomic E-state index is -4.79. The van der Waals surface area contributed by atoms with E-state index in [1.54, 1.807) is 18.2 Å². The van der Waals surface area contributed by atoms with Crippen molar-refractivity contribution in [2.45, 2.75) is 30.4 Å². The van der Waals surface area contributed by atoms with Gasteiger partial charge in [0.1, 0.15) is 0 Å². The molecule has 3 aromatic rings. The third-order valence-electron chi connectivity index (χ3n) is 10.7. The number of aromatic hydroxyl groups is 1. The first-order valence-electron chi connectivity index (χ1n) is 16.3. The van der Waals surface area contributed by atoms with Crippen LogP contribution in [0.3, 0.4) is 0 Å². The van der Waals surface area contributed by atoms with Gasteiger partial charge in [-0.25, -0.2) is 9.78 Å². The number of hydrogen-bond acceptors (Lipinski definition) is 11. The number of hydrogen-bond donors (Lipinski definition) is 2. The van der Waals surface area contributed by atoms with E-state index in [2.05, 4.69) is 10.4 Å². The Morgan fingerprint density at radius 2 is 1.61 bits per heavy atom. The van der Waals surface area contributed by atoms with Gasteiger partial charge in [0, 0.05) is 17.1 Å². The molecule has 54 heavy (non-hydrogen) atoms. The number of carbonyl (C=O) groups excluding carboxylic acids is 5. The van der Waals surface area contributed by atoms with Gasteiger partial charge in [0.15, 0.2) is 17.3 Å². The molecule has 2 aromatic carbocycles. The molecular formula is C36H29Cl2F3N4O9. The second-order valence-corrected chi connectivity index (χ2v) is 14.0. The average molecular weight is 790 g/mol. The molecule has 2 saturated heterocycles. The third kappa shape index (κ3) is 5.36. The number of methoxy groups -OCH3 is 3. The summed E-state index contributed by atoms with van der Waals surface area (Å²) in [4.78, 5) is 74.4. The van der Waals surface area contributed by atoms with Crippen LogP contribution in [0.4, 0.5) is 23.8 Å². The number of allylic oxidation sites excluding steroid dienone is 2. The van der Waals surface area contributed by atoms with Crippen LogP contribution in [0.25, 0.3) is 0 Å². The fourth-order valence-corrected chi connectivity index (χ4v) is 8.84. The molecule has 0 radical (unpaired) electrons. The van der Waals surface area contributed by atoms with Gasteiger partial charge >= 0.3 is 12.3 Å². The Balaban J connectivity index is 1.47. The Kier molecular flexibility index (Phi) is 9.04. The number of ether oxygens (including phenoxy) is 3. The summed E-state index contributed by atoms with van der Waals surface area (Å²) < 4.78 is 56.0. The fourth-order valence-electron chi connectivity index (χ4n) is 8.51. The van der Waals surface area contributed by atoms with E-state index in [-0.39, 0.29) is 30.1 Å². The number of amides is 5. The van der Waals surface area contributed by atoms with Gasteiger partial charge < -0.3 is 19.3 Å². The van der Waals surface area contributed by atoms with Crippen molar-refractivity contribution in [1.29, 1.82) is 0 Å². The molecule has 2 aliphatic carbocycles.